The highest BCUT2D eigenvalue weighted by molar-refractivity contribution is 5.86. The quantitative estimate of drug-likeness (QED) is 0.385. The van der Waals surface area contributed by atoms with E-state index in [0.29, 0.717) is 13.2 Å². The van der Waals surface area contributed by atoms with E-state index in [2.05, 4.69) is 10.6 Å². The van der Waals surface area contributed by atoms with Crippen LogP contribution in [0.15, 0.2) is 48.5 Å². The fourth-order valence-corrected chi connectivity index (χ4v) is 3.93. The second-order valence-corrected chi connectivity index (χ2v) is 7.85. The molecule has 9 nitrogen and oxygen atoms in total. The number of amides is 2. The van der Waals surface area contributed by atoms with Crippen molar-refractivity contribution in [2.75, 3.05) is 40.1 Å². The van der Waals surface area contributed by atoms with E-state index in [0.717, 1.165) is 22.3 Å². The lowest BCUT2D eigenvalue weighted by Crippen LogP contribution is -2.48. The minimum atomic E-state index is -1.06. The van der Waals surface area contributed by atoms with Gasteiger partial charge in [0.2, 0.25) is 5.91 Å². The van der Waals surface area contributed by atoms with Gasteiger partial charge in [-0.05, 0) is 28.7 Å². The average Bonchev–Trinajstić information content (AvgIpc) is 3.16. The number of methoxy groups -OCH3 is 1. The van der Waals surface area contributed by atoms with Crippen LogP contribution in [0, 0.1) is 0 Å². The number of aliphatic carboxylic acids is 1. The molecular formula is C25H30N2O7. The molecule has 3 N–H and O–H groups in total. The standard InChI is InChI=1S/C25H30N2O7/c1-32-14-15-33-13-12-26-24(30)22(10-11-23(28)29)27-25(31)34-16-21-19-8-4-2-6-17(19)18-7-3-5-9-20(18)21/h2-9,21-22H,10-16H2,1H3,(H,26,30)(H,27,31)(H,28,29)/t22-/m0/s1. The first-order valence-corrected chi connectivity index (χ1v) is 11.2. The van der Waals surface area contributed by atoms with E-state index in [9.17, 15) is 14.4 Å². The molecule has 2 amide bonds. The minimum absolute atomic E-state index is 0.0596. The van der Waals surface area contributed by atoms with Gasteiger partial charge >= 0.3 is 12.1 Å². The van der Waals surface area contributed by atoms with Gasteiger partial charge in [0.15, 0.2) is 0 Å². The monoisotopic (exact) mass is 470 g/mol. The molecule has 9 heteroatoms. The Balaban J connectivity index is 1.56. The van der Waals surface area contributed by atoms with Gasteiger partial charge in [0, 0.05) is 26.0 Å². The van der Waals surface area contributed by atoms with Crippen LogP contribution in [0.25, 0.3) is 11.1 Å². The molecule has 0 aromatic heterocycles. The molecule has 3 rings (SSSR count). The first-order valence-electron chi connectivity index (χ1n) is 11.2. The van der Waals surface area contributed by atoms with Gasteiger partial charge in [-0.2, -0.15) is 0 Å². The predicted molar refractivity (Wildman–Crippen MR) is 125 cm³/mol. The highest BCUT2D eigenvalue weighted by atomic mass is 16.5. The third-order valence-electron chi connectivity index (χ3n) is 5.58. The van der Waals surface area contributed by atoms with Crippen LogP contribution in [0.5, 0.6) is 0 Å². The number of fused-ring (bicyclic) bond motifs is 3. The Kier molecular flexibility index (Phi) is 9.42. The molecule has 34 heavy (non-hydrogen) atoms. The first-order chi connectivity index (χ1) is 16.5. The van der Waals surface area contributed by atoms with Gasteiger partial charge < -0.3 is 30.0 Å². The van der Waals surface area contributed by atoms with E-state index in [1.165, 1.54) is 0 Å². The smallest absolute Gasteiger partial charge is 0.407 e. The summed E-state index contributed by atoms with van der Waals surface area (Å²) in [6.07, 6.45) is -1.11. The van der Waals surface area contributed by atoms with Gasteiger partial charge in [0.1, 0.15) is 12.6 Å². The maximum absolute atomic E-state index is 12.5. The number of benzene rings is 2. The van der Waals surface area contributed by atoms with E-state index in [1.807, 2.05) is 48.5 Å². The van der Waals surface area contributed by atoms with E-state index in [-0.39, 0.29) is 38.5 Å². The van der Waals surface area contributed by atoms with Crippen LogP contribution in [-0.2, 0) is 23.8 Å². The molecule has 0 spiro atoms. The van der Waals surface area contributed by atoms with Crippen molar-refractivity contribution in [1.29, 1.82) is 0 Å². The lowest BCUT2D eigenvalue weighted by molar-refractivity contribution is -0.137. The lowest BCUT2D eigenvalue weighted by atomic mass is 9.98. The Morgan fingerprint density at radius 1 is 0.971 bits per heavy atom. The molecule has 0 radical (unpaired) electrons. The summed E-state index contributed by atoms with van der Waals surface area (Å²) in [6, 6.07) is 14.9. The Labute approximate surface area is 198 Å². The zero-order chi connectivity index (χ0) is 24.3. The van der Waals surface area contributed by atoms with Crippen molar-refractivity contribution in [3.63, 3.8) is 0 Å². The summed E-state index contributed by atoms with van der Waals surface area (Å²) in [5.41, 5.74) is 4.37. The van der Waals surface area contributed by atoms with Crippen molar-refractivity contribution in [2.24, 2.45) is 0 Å². The summed E-state index contributed by atoms with van der Waals surface area (Å²) in [5, 5.41) is 14.2. The topological polar surface area (TPSA) is 123 Å². The Hall–Kier alpha value is -3.43. The number of rotatable bonds is 13. The number of nitrogens with one attached hydrogen (secondary N) is 2. The molecule has 0 saturated carbocycles. The van der Waals surface area contributed by atoms with Gasteiger partial charge in [-0.3, -0.25) is 9.59 Å². The molecule has 0 aliphatic heterocycles. The molecule has 182 valence electrons. The number of carboxylic acids is 1. The van der Waals surface area contributed by atoms with Crippen LogP contribution in [0.3, 0.4) is 0 Å². The van der Waals surface area contributed by atoms with Crippen LogP contribution < -0.4 is 10.6 Å². The van der Waals surface area contributed by atoms with E-state index in [1.54, 1.807) is 7.11 Å². The maximum atomic E-state index is 12.5. The summed E-state index contributed by atoms with van der Waals surface area (Å²) < 4.78 is 15.6. The third kappa shape index (κ3) is 6.79. The van der Waals surface area contributed by atoms with E-state index in [4.69, 9.17) is 19.3 Å². The maximum Gasteiger partial charge on any atom is 0.407 e. The van der Waals surface area contributed by atoms with Crippen molar-refractivity contribution >= 4 is 18.0 Å². The van der Waals surface area contributed by atoms with Crippen molar-refractivity contribution < 1.29 is 33.7 Å². The fourth-order valence-electron chi connectivity index (χ4n) is 3.93. The summed E-state index contributed by atoms with van der Waals surface area (Å²) in [6.45, 7) is 1.43. The van der Waals surface area contributed by atoms with Gasteiger partial charge in [0.05, 0.1) is 19.8 Å². The molecule has 0 heterocycles. The molecule has 0 unspecified atom stereocenters. The Bertz CT molecular complexity index is 949. The molecule has 0 fully saturated rings. The van der Waals surface area contributed by atoms with Gasteiger partial charge in [0.25, 0.3) is 0 Å². The van der Waals surface area contributed by atoms with Crippen molar-refractivity contribution in [3.8, 4) is 11.1 Å². The third-order valence-corrected chi connectivity index (χ3v) is 5.58. The molecular weight excluding hydrogens is 440 g/mol. The normalized spacial score (nSPS) is 13.0. The lowest BCUT2D eigenvalue weighted by Gasteiger charge is -2.19. The molecule has 2 aromatic carbocycles. The number of alkyl carbamates (subject to hydrolysis) is 1. The SMILES string of the molecule is COCCOCCNC(=O)[C@H](CCC(=O)O)NC(=O)OCC1c2ccccc2-c2ccccc21. The minimum Gasteiger partial charge on any atom is -0.481 e. The van der Waals surface area contributed by atoms with Crippen LogP contribution in [0.2, 0.25) is 0 Å². The molecule has 0 bridgehead atoms. The second-order valence-electron chi connectivity index (χ2n) is 7.85. The molecule has 1 atom stereocenters. The summed E-state index contributed by atoms with van der Waals surface area (Å²) in [4.78, 5) is 36.0. The zero-order valence-electron chi connectivity index (χ0n) is 19.1. The van der Waals surface area contributed by atoms with Crippen LogP contribution in [0.1, 0.15) is 29.9 Å². The van der Waals surface area contributed by atoms with Gasteiger partial charge in [-0.15, -0.1) is 0 Å². The Morgan fingerprint density at radius 2 is 1.62 bits per heavy atom. The van der Waals surface area contributed by atoms with Crippen molar-refractivity contribution in [3.05, 3.63) is 59.7 Å². The number of ether oxygens (including phenoxy) is 3. The molecule has 1 aliphatic carbocycles. The second kappa shape index (κ2) is 12.7. The summed E-state index contributed by atoms with van der Waals surface area (Å²) in [5.74, 6) is -1.67. The van der Waals surface area contributed by atoms with E-state index >= 15 is 0 Å². The number of carbonyl (C=O) groups excluding carboxylic acids is 2. The summed E-state index contributed by atoms with van der Waals surface area (Å²) >= 11 is 0. The molecule has 2 aromatic rings. The number of carbonyl (C=O) groups is 3. The van der Waals surface area contributed by atoms with Crippen LogP contribution >= 0.6 is 0 Å². The van der Waals surface area contributed by atoms with Gasteiger partial charge in [-0.1, -0.05) is 48.5 Å². The predicted octanol–water partition coefficient (Wildman–Crippen LogP) is 2.54. The van der Waals surface area contributed by atoms with Crippen LogP contribution in [0.4, 0.5) is 4.79 Å². The number of carboxylic acid groups (broad SMARTS) is 1. The first kappa shape index (κ1) is 25.2. The average molecular weight is 471 g/mol. The molecule has 1 aliphatic rings. The highest BCUT2D eigenvalue weighted by Gasteiger charge is 2.29. The Morgan fingerprint density at radius 3 is 2.24 bits per heavy atom. The molecule has 0 saturated heterocycles. The van der Waals surface area contributed by atoms with E-state index < -0.39 is 24.0 Å². The van der Waals surface area contributed by atoms with Gasteiger partial charge in [-0.25, -0.2) is 4.79 Å². The summed E-state index contributed by atoms with van der Waals surface area (Å²) in [7, 11) is 1.56. The fraction of sp³-hybridized carbons (Fsp3) is 0.400. The van der Waals surface area contributed by atoms with Crippen molar-refractivity contribution in [2.45, 2.75) is 24.8 Å². The van der Waals surface area contributed by atoms with Crippen LogP contribution in [-0.4, -0.2) is 69.2 Å². The number of hydrogen-bond donors (Lipinski definition) is 3. The largest absolute Gasteiger partial charge is 0.481 e. The van der Waals surface area contributed by atoms with Crippen molar-refractivity contribution in [1.82, 2.24) is 10.6 Å². The number of hydrogen-bond acceptors (Lipinski definition) is 6. The zero-order valence-corrected chi connectivity index (χ0v) is 19.1. The highest BCUT2D eigenvalue weighted by Crippen LogP contribution is 2.44.